The molecule has 2 aliphatic rings. The highest BCUT2D eigenvalue weighted by atomic mass is 32.2. The maximum atomic E-state index is 11.8. The van der Waals surface area contributed by atoms with Gasteiger partial charge in [0.1, 0.15) is 0 Å². The summed E-state index contributed by atoms with van der Waals surface area (Å²) in [5, 5.41) is 0. The molecular formula is C16H21NO2S. The number of likely N-dealkylation sites (tertiary alicyclic amines) is 1. The molecule has 1 fully saturated rings. The number of carbonyl (C=O) groups is 1. The molecule has 3 atom stereocenters. The first-order chi connectivity index (χ1) is 9.69. The fraction of sp³-hybridized carbons (Fsp3) is 0.562. The third-order valence-corrected chi connectivity index (χ3v) is 5.72. The van der Waals surface area contributed by atoms with Gasteiger partial charge in [0.15, 0.2) is 0 Å². The molecule has 2 heterocycles. The summed E-state index contributed by atoms with van der Waals surface area (Å²) in [5.74, 6) is 2.14. The topological polar surface area (TPSA) is 29.5 Å². The predicted octanol–water partition coefficient (Wildman–Crippen LogP) is 2.62. The van der Waals surface area contributed by atoms with Crippen molar-refractivity contribution in [3.63, 3.8) is 0 Å². The van der Waals surface area contributed by atoms with E-state index in [1.54, 1.807) is 0 Å². The normalized spacial score (nSPS) is 29.4. The van der Waals surface area contributed by atoms with Crippen molar-refractivity contribution in [2.45, 2.75) is 17.7 Å². The maximum absolute atomic E-state index is 11.8. The van der Waals surface area contributed by atoms with Crippen LogP contribution in [-0.2, 0) is 9.53 Å². The molecule has 1 aromatic carbocycles. The molecule has 3 unspecified atom stereocenters. The average molecular weight is 291 g/mol. The zero-order valence-corrected chi connectivity index (χ0v) is 12.9. The van der Waals surface area contributed by atoms with Gasteiger partial charge in [-0.3, -0.25) is 4.79 Å². The van der Waals surface area contributed by atoms with Crippen molar-refractivity contribution in [3.8, 4) is 0 Å². The van der Waals surface area contributed by atoms with Gasteiger partial charge in [-0.1, -0.05) is 25.1 Å². The van der Waals surface area contributed by atoms with Crippen molar-refractivity contribution in [2.75, 3.05) is 32.5 Å². The van der Waals surface area contributed by atoms with Gasteiger partial charge in [0.2, 0.25) is 0 Å². The molecule has 2 aliphatic heterocycles. The third kappa shape index (κ3) is 2.59. The lowest BCUT2D eigenvalue weighted by Gasteiger charge is -2.20. The number of benzene rings is 1. The molecule has 3 rings (SSSR count). The monoisotopic (exact) mass is 291 g/mol. The van der Waals surface area contributed by atoms with Gasteiger partial charge in [-0.05, 0) is 17.5 Å². The Labute approximate surface area is 124 Å². The molecule has 0 spiro atoms. The zero-order valence-electron chi connectivity index (χ0n) is 12.0. The van der Waals surface area contributed by atoms with E-state index in [0.717, 1.165) is 25.4 Å². The Hall–Kier alpha value is -1.00. The van der Waals surface area contributed by atoms with Crippen LogP contribution in [0.15, 0.2) is 29.2 Å². The first-order valence-electron chi connectivity index (χ1n) is 7.21. The van der Waals surface area contributed by atoms with Crippen molar-refractivity contribution >= 4 is 17.7 Å². The second-order valence-electron chi connectivity index (χ2n) is 5.87. The fourth-order valence-corrected chi connectivity index (χ4v) is 4.61. The summed E-state index contributed by atoms with van der Waals surface area (Å²) in [6.07, 6.45) is 0. The Morgan fingerprint density at radius 1 is 1.40 bits per heavy atom. The second kappa shape index (κ2) is 5.78. The van der Waals surface area contributed by atoms with Gasteiger partial charge in [-0.15, -0.1) is 11.8 Å². The lowest BCUT2D eigenvalue weighted by Crippen LogP contribution is -2.28. The highest BCUT2D eigenvalue weighted by molar-refractivity contribution is 7.99. The molecule has 3 nitrogen and oxygen atoms in total. The van der Waals surface area contributed by atoms with E-state index < -0.39 is 0 Å². The Balaban J connectivity index is 1.64. The molecular weight excluding hydrogens is 270 g/mol. The van der Waals surface area contributed by atoms with E-state index in [2.05, 4.69) is 36.1 Å². The fourth-order valence-electron chi connectivity index (χ4n) is 3.37. The number of thioether (sulfide) groups is 1. The molecule has 0 aliphatic carbocycles. The molecule has 0 saturated carbocycles. The van der Waals surface area contributed by atoms with Crippen molar-refractivity contribution in [1.29, 1.82) is 0 Å². The third-order valence-electron chi connectivity index (χ3n) is 4.47. The van der Waals surface area contributed by atoms with E-state index in [-0.39, 0.29) is 11.9 Å². The first kappa shape index (κ1) is 14.0. The van der Waals surface area contributed by atoms with Crippen LogP contribution in [0.4, 0.5) is 0 Å². The summed E-state index contributed by atoms with van der Waals surface area (Å²) < 4.78 is 4.91. The molecule has 108 valence electrons. The predicted molar refractivity (Wildman–Crippen MR) is 81.0 cm³/mol. The van der Waals surface area contributed by atoms with Crippen LogP contribution < -0.4 is 0 Å². The SMILES string of the molecule is COC(=O)C1CN(CC2CSc3ccccc32)CC1C. The highest BCUT2D eigenvalue weighted by Crippen LogP contribution is 2.40. The number of esters is 1. The van der Waals surface area contributed by atoms with Gasteiger partial charge in [-0.25, -0.2) is 0 Å². The van der Waals surface area contributed by atoms with Crippen LogP contribution in [0.5, 0.6) is 0 Å². The summed E-state index contributed by atoms with van der Waals surface area (Å²) in [4.78, 5) is 15.6. The lowest BCUT2D eigenvalue weighted by atomic mass is 9.99. The van der Waals surface area contributed by atoms with E-state index in [0.29, 0.717) is 11.8 Å². The molecule has 20 heavy (non-hydrogen) atoms. The maximum Gasteiger partial charge on any atom is 0.310 e. The summed E-state index contributed by atoms with van der Waals surface area (Å²) in [6, 6.07) is 8.70. The summed E-state index contributed by atoms with van der Waals surface area (Å²) in [6.45, 7) is 5.06. The van der Waals surface area contributed by atoms with Gasteiger partial charge in [0.05, 0.1) is 13.0 Å². The molecule has 1 aromatic rings. The van der Waals surface area contributed by atoms with Crippen LogP contribution >= 0.6 is 11.8 Å². The standard InChI is InChI=1S/C16H21NO2S/c1-11-7-17(9-14(11)16(18)19-2)8-12-10-20-15-6-4-3-5-13(12)15/h3-6,11-12,14H,7-10H2,1-2H3. The molecule has 0 amide bonds. The van der Waals surface area contributed by atoms with E-state index in [9.17, 15) is 4.79 Å². The van der Waals surface area contributed by atoms with Crippen LogP contribution in [0.25, 0.3) is 0 Å². The second-order valence-corrected chi connectivity index (χ2v) is 6.93. The number of hydrogen-bond donors (Lipinski definition) is 0. The minimum absolute atomic E-state index is 0.0456. The Morgan fingerprint density at radius 2 is 2.20 bits per heavy atom. The molecule has 0 radical (unpaired) electrons. The molecule has 4 heteroatoms. The van der Waals surface area contributed by atoms with Gasteiger partial charge >= 0.3 is 5.97 Å². The Morgan fingerprint density at radius 3 is 3.00 bits per heavy atom. The number of methoxy groups -OCH3 is 1. The molecule has 0 N–H and O–H groups in total. The van der Waals surface area contributed by atoms with Crippen molar-refractivity contribution in [2.24, 2.45) is 11.8 Å². The van der Waals surface area contributed by atoms with Crippen molar-refractivity contribution < 1.29 is 9.53 Å². The number of carbonyl (C=O) groups excluding carboxylic acids is 1. The highest BCUT2D eigenvalue weighted by Gasteiger charge is 2.37. The van der Waals surface area contributed by atoms with Crippen molar-refractivity contribution in [3.05, 3.63) is 29.8 Å². The van der Waals surface area contributed by atoms with Gasteiger partial charge < -0.3 is 9.64 Å². The number of fused-ring (bicyclic) bond motifs is 1. The van der Waals surface area contributed by atoms with Crippen LogP contribution in [0.2, 0.25) is 0 Å². The Bertz CT molecular complexity index is 505. The quantitative estimate of drug-likeness (QED) is 0.801. The minimum Gasteiger partial charge on any atom is -0.469 e. The summed E-state index contributed by atoms with van der Waals surface area (Å²) in [7, 11) is 1.49. The van der Waals surface area contributed by atoms with Crippen LogP contribution in [0.3, 0.4) is 0 Å². The van der Waals surface area contributed by atoms with Gasteiger partial charge in [0.25, 0.3) is 0 Å². The molecule has 0 bridgehead atoms. The first-order valence-corrected chi connectivity index (χ1v) is 8.19. The largest absolute Gasteiger partial charge is 0.469 e. The Kier molecular flexibility index (Phi) is 4.03. The average Bonchev–Trinajstić information content (AvgIpc) is 3.03. The molecule has 0 aromatic heterocycles. The summed E-state index contributed by atoms with van der Waals surface area (Å²) >= 11 is 1.95. The number of ether oxygens (including phenoxy) is 1. The zero-order chi connectivity index (χ0) is 14.1. The minimum atomic E-state index is -0.0544. The summed E-state index contributed by atoms with van der Waals surface area (Å²) in [5.41, 5.74) is 1.48. The number of nitrogens with zero attached hydrogens (tertiary/aromatic N) is 1. The van der Waals surface area contributed by atoms with Crippen LogP contribution in [-0.4, -0.2) is 43.4 Å². The van der Waals surface area contributed by atoms with Gasteiger partial charge in [0, 0.05) is 36.2 Å². The molecule has 1 saturated heterocycles. The van der Waals surface area contributed by atoms with Gasteiger partial charge in [-0.2, -0.15) is 0 Å². The van der Waals surface area contributed by atoms with E-state index in [1.165, 1.54) is 17.6 Å². The lowest BCUT2D eigenvalue weighted by molar-refractivity contribution is -0.146. The van der Waals surface area contributed by atoms with Crippen LogP contribution in [0.1, 0.15) is 18.4 Å². The van der Waals surface area contributed by atoms with Crippen LogP contribution in [0, 0.1) is 11.8 Å². The number of rotatable bonds is 3. The van der Waals surface area contributed by atoms with E-state index in [1.807, 2.05) is 11.8 Å². The smallest absolute Gasteiger partial charge is 0.310 e. The van der Waals surface area contributed by atoms with E-state index in [4.69, 9.17) is 4.74 Å². The van der Waals surface area contributed by atoms with E-state index >= 15 is 0 Å². The number of hydrogen-bond acceptors (Lipinski definition) is 4. The van der Waals surface area contributed by atoms with Crippen molar-refractivity contribution in [1.82, 2.24) is 4.90 Å².